The normalized spacial score (nSPS) is 25.7. The van der Waals surface area contributed by atoms with Gasteiger partial charge in [-0.25, -0.2) is 4.90 Å². The Balaban J connectivity index is 1.09. The summed E-state index contributed by atoms with van der Waals surface area (Å²) in [5.74, 6) is -4.67. The van der Waals surface area contributed by atoms with Gasteiger partial charge in [0.25, 0.3) is 5.91 Å². The molecule has 8 rings (SSSR count). The molecular weight excluding hydrogens is 761 g/mol. The van der Waals surface area contributed by atoms with E-state index in [1.807, 2.05) is 0 Å². The Morgan fingerprint density at radius 2 is 1.63 bits per heavy atom. The molecule has 0 spiro atoms. The van der Waals surface area contributed by atoms with Crippen molar-refractivity contribution >= 4 is 52.2 Å². The first-order chi connectivity index (χ1) is 25.7. The van der Waals surface area contributed by atoms with Crippen LogP contribution in [0.2, 0.25) is 0 Å². The number of alkyl halides is 6. The van der Waals surface area contributed by atoms with Crippen LogP contribution >= 0.6 is 23.1 Å². The largest absolute Gasteiger partial charge is 0.490 e. The van der Waals surface area contributed by atoms with E-state index in [2.05, 4.69) is 10.3 Å². The van der Waals surface area contributed by atoms with Crippen LogP contribution in [0.4, 0.5) is 37.7 Å². The molecule has 7 atom stereocenters. The lowest BCUT2D eigenvalue weighted by atomic mass is 9.68. The third-order valence-corrected chi connectivity index (χ3v) is 13.2. The number of H-pyrrole nitrogens is 1. The summed E-state index contributed by atoms with van der Waals surface area (Å²) in [6, 6.07) is 13.8. The Morgan fingerprint density at radius 3 is 2.35 bits per heavy atom. The van der Waals surface area contributed by atoms with Crippen molar-refractivity contribution in [2.75, 3.05) is 23.4 Å². The van der Waals surface area contributed by atoms with E-state index in [1.54, 1.807) is 25.1 Å². The van der Waals surface area contributed by atoms with Crippen LogP contribution < -0.4 is 24.6 Å². The second-order valence-corrected chi connectivity index (χ2v) is 15.7. The van der Waals surface area contributed by atoms with E-state index < -0.39 is 71.2 Å². The summed E-state index contributed by atoms with van der Waals surface area (Å²) in [4.78, 5) is 57.5. The predicted octanol–water partition coefficient (Wildman–Crippen LogP) is 7.57. The molecular formula is C37H29F6N3O6S2. The number of para-hydroxylation sites is 1. The minimum atomic E-state index is -4.79. The molecule has 3 aromatic carbocycles. The number of benzene rings is 3. The summed E-state index contributed by atoms with van der Waals surface area (Å²) in [7, 11) is 0. The Hall–Kier alpha value is -4.77. The third kappa shape index (κ3) is 6.04. The van der Waals surface area contributed by atoms with Gasteiger partial charge in [-0.2, -0.15) is 26.3 Å². The molecule has 9 nitrogen and oxygen atoms in total. The maximum Gasteiger partial charge on any atom is 0.418 e. The maximum atomic E-state index is 14.1. The molecule has 2 aliphatic heterocycles. The number of aromatic nitrogens is 1. The van der Waals surface area contributed by atoms with Crippen molar-refractivity contribution in [2.45, 2.75) is 41.9 Å². The molecule has 3 fully saturated rings. The van der Waals surface area contributed by atoms with E-state index in [4.69, 9.17) is 9.47 Å². The van der Waals surface area contributed by atoms with Gasteiger partial charge in [-0.3, -0.25) is 19.2 Å². The number of halogens is 6. The van der Waals surface area contributed by atoms with Gasteiger partial charge in [-0.15, -0.1) is 11.8 Å². The standard InChI is InChI=1S/C37H29F6N3O6S2/c1-2-51-24-12-16(10-11-23(24)52-15-25(47)44-18-7-5-6-17(13-18)36(38,39)40)26-27-19-14-20(30(27)53-32-31(26)54-35(50)45-32)29-28(19)33(48)46(34(29)49)22-9-4-3-8-21(22)37(41,42)43/h3-13,19-20,26-30H,2,14-15H2,1H3,(H,44,47)(H,45,50)/t19-,20-,26-,27?,28?,29?,30?/m1/s1. The zero-order valence-electron chi connectivity index (χ0n) is 28.0. The zero-order valence-corrected chi connectivity index (χ0v) is 29.6. The van der Waals surface area contributed by atoms with Gasteiger partial charge in [0.2, 0.25) is 11.8 Å². The number of imide groups is 1. The van der Waals surface area contributed by atoms with Crippen molar-refractivity contribution in [1.82, 2.24) is 4.98 Å². The topological polar surface area (TPSA) is 118 Å². The molecule has 4 aromatic rings. The average Bonchev–Trinajstić information content (AvgIpc) is 3.86. The number of carbonyl (C=O) groups is 3. The number of ether oxygens (including phenoxy) is 2. The highest BCUT2D eigenvalue weighted by Crippen LogP contribution is 2.69. The summed E-state index contributed by atoms with van der Waals surface area (Å²) in [6.07, 6.45) is -8.87. The molecule has 3 amide bonds. The summed E-state index contributed by atoms with van der Waals surface area (Å²) in [5, 5.41) is 2.78. The first-order valence-electron chi connectivity index (χ1n) is 17.0. The van der Waals surface area contributed by atoms with Gasteiger partial charge in [0.1, 0.15) is 0 Å². The SMILES string of the molecule is CCOc1cc([C@H]2c3sc(=O)[nH]c3SC3C2[C@H]2C[C@@H]3C3C(=O)N(c4ccccc4C(F)(F)F)C(=O)C32)ccc1OCC(=O)Nc1cccc(C(F)(F)F)c1. The molecule has 2 aliphatic carbocycles. The highest BCUT2D eigenvalue weighted by atomic mass is 32.2. The molecule has 2 saturated carbocycles. The fourth-order valence-corrected chi connectivity index (χ4v) is 11.6. The molecule has 1 aromatic heterocycles. The number of amides is 3. The van der Waals surface area contributed by atoms with Gasteiger partial charge in [0.05, 0.1) is 40.3 Å². The first kappa shape index (κ1) is 36.2. The van der Waals surface area contributed by atoms with E-state index in [9.17, 15) is 45.5 Å². The molecule has 17 heteroatoms. The van der Waals surface area contributed by atoms with Crippen molar-refractivity contribution in [3.63, 3.8) is 0 Å². The molecule has 282 valence electrons. The molecule has 4 aliphatic rings. The lowest BCUT2D eigenvalue weighted by molar-refractivity contribution is -0.138. The highest BCUT2D eigenvalue weighted by molar-refractivity contribution is 8.00. The van der Waals surface area contributed by atoms with Gasteiger partial charge in [-0.05, 0) is 79.1 Å². The number of hydrogen-bond acceptors (Lipinski definition) is 8. The minimum Gasteiger partial charge on any atom is -0.490 e. The second-order valence-electron chi connectivity index (χ2n) is 13.5. The van der Waals surface area contributed by atoms with Gasteiger partial charge in [0, 0.05) is 21.7 Å². The quantitative estimate of drug-likeness (QED) is 0.140. The van der Waals surface area contributed by atoms with Crippen LogP contribution in [0.1, 0.15) is 40.8 Å². The van der Waals surface area contributed by atoms with Crippen molar-refractivity contribution in [1.29, 1.82) is 0 Å². The third-order valence-electron chi connectivity index (χ3n) is 10.6. The lowest BCUT2D eigenvalue weighted by Crippen LogP contribution is -2.42. The smallest absolute Gasteiger partial charge is 0.418 e. The number of aromatic amines is 1. The van der Waals surface area contributed by atoms with E-state index in [1.165, 1.54) is 36.0 Å². The molecule has 54 heavy (non-hydrogen) atoms. The Bertz CT molecular complexity index is 2240. The lowest BCUT2D eigenvalue weighted by Gasteiger charge is -2.43. The number of hydrogen-bond donors (Lipinski definition) is 2. The fourth-order valence-electron chi connectivity index (χ4n) is 8.76. The van der Waals surface area contributed by atoms with Crippen LogP contribution in [-0.2, 0) is 26.7 Å². The Morgan fingerprint density at radius 1 is 0.889 bits per heavy atom. The number of nitrogens with one attached hydrogen (secondary N) is 2. The van der Waals surface area contributed by atoms with Gasteiger partial charge in [0.15, 0.2) is 18.1 Å². The number of fused-ring (bicyclic) bond motifs is 9. The van der Waals surface area contributed by atoms with Crippen molar-refractivity contribution in [3.05, 3.63) is 98.0 Å². The number of rotatable bonds is 8. The van der Waals surface area contributed by atoms with Crippen LogP contribution in [0.25, 0.3) is 0 Å². The van der Waals surface area contributed by atoms with Crippen LogP contribution in [-0.4, -0.2) is 41.2 Å². The average molecular weight is 790 g/mol. The Kier molecular flexibility index (Phi) is 8.86. The number of thiazole rings is 1. The number of thioether (sulfide) groups is 1. The monoisotopic (exact) mass is 789 g/mol. The zero-order chi connectivity index (χ0) is 38.3. The number of nitrogens with zero attached hydrogens (tertiary/aromatic N) is 1. The van der Waals surface area contributed by atoms with Gasteiger partial charge >= 0.3 is 17.2 Å². The van der Waals surface area contributed by atoms with Crippen LogP contribution in [0.15, 0.2) is 76.6 Å². The Labute approximate surface area is 311 Å². The summed E-state index contributed by atoms with van der Waals surface area (Å²) in [6.45, 7) is 1.38. The second kappa shape index (κ2) is 13.2. The molecule has 4 unspecified atom stereocenters. The van der Waals surface area contributed by atoms with E-state index in [-0.39, 0.29) is 51.7 Å². The van der Waals surface area contributed by atoms with E-state index in [0.717, 1.165) is 40.5 Å². The molecule has 3 heterocycles. The summed E-state index contributed by atoms with van der Waals surface area (Å²) < 4.78 is 93.2. The van der Waals surface area contributed by atoms with Crippen molar-refractivity contribution < 1.29 is 50.2 Å². The summed E-state index contributed by atoms with van der Waals surface area (Å²) in [5.41, 5.74) is -1.83. The van der Waals surface area contributed by atoms with Crippen molar-refractivity contribution in [2.24, 2.45) is 29.6 Å². The van der Waals surface area contributed by atoms with Crippen LogP contribution in [0, 0.1) is 29.6 Å². The molecule has 1 saturated heterocycles. The number of anilines is 2. The predicted molar refractivity (Wildman–Crippen MR) is 186 cm³/mol. The molecule has 2 N–H and O–H groups in total. The maximum absolute atomic E-state index is 14.1. The van der Waals surface area contributed by atoms with Gasteiger partial charge < -0.3 is 19.8 Å². The molecule has 2 bridgehead atoms. The molecule has 0 radical (unpaired) electrons. The first-order valence-corrected chi connectivity index (χ1v) is 18.7. The minimum absolute atomic E-state index is 0.0620. The van der Waals surface area contributed by atoms with Gasteiger partial charge in [-0.1, -0.05) is 35.6 Å². The summed E-state index contributed by atoms with van der Waals surface area (Å²) >= 11 is 2.45. The number of carbonyl (C=O) groups excluding carboxylic acids is 3. The fraction of sp³-hybridized carbons (Fsp3) is 0.351. The van der Waals surface area contributed by atoms with Crippen LogP contribution in [0.3, 0.4) is 0 Å². The van der Waals surface area contributed by atoms with Crippen molar-refractivity contribution in [3.8, 4) is 11.5 Å². The van der Waals surface area contributed by atoms with E-state index in [0.29, 0.717) is 21.9 Å². The van der Waals surface area contributed by atoms with Crippen LogP contribution in [0.5, 0.6) is 11.5 Å². The highest BCUT2D eigenvalue weighted by Gasteiger charge is 2.70. The van der Waals surface area contributed by atoms with E-state index >= 15 is 0 Å².